The van der Waals surface area contributed by atoms with Crippen molar-refractivity contribution in [3.63, 3.8) is 0 Å². The van der Waals surface area contributed by atoms with E-state index in [1.165, 1.54) is 0 Å². The molecule has 0 heterocycles. The first-order chi connectivity index (χ1) is 8.06. The zero-order valence-electron chi connectivity index (χ0n) is 12.5. The van der Waals surface area contributed by atoms with Crippen LogP contribution in [0.15, 0.2) is 0 Å². The average Bonchev–Trinajstić information content (AvgIpc) is 2.13. The van der Waals surface area contributed by atoms with E-state index in [9.17, 15) is 4.79 Å². The van der Waals surface area contributed by atoms with Crippen LogP contribution in [-0.4, -0.2) is 36.5 Å². The molecule has 0 rings (SSSR count). The summed E-state index contributed by atoms with van der Waals surface area (Å²) in [5.41, 5.74) is 4.73. The van der Waals surface area contributed by atoms with Crippen molar-refractivity contribution in [3.8, 4) is 0 Å². The SMILES string of the molecule is CC(CN)OC(C)(C)CCNC(=O)OC(C)(C)C. The van der Waals surface area contributed by atoms with Crippen molar-refractivity contribution in [1.82, 2.24) is 5.32 Å². The number of hydrogen-bond donors (Lipinski definition) is 2. The second-order valence-corrected chi connectivity index (χ2v) is 6.10. The number of alkyl carbamates (subject to hydrolysis) is 1. The molecule has 0 bridgehead atoms. The summed E-state index contributed by atoms with van der Waals surface area (Å²) >= 11 is 0. The number of carbonyl (C=O) groups is 1. The van der Waals surface area contributed by atoms with Gasteiger partial charge in [-0.05, 0) is 48.0 Å². The van der Waals surface area contributed by atoms with E-state index in [1.54, 1.807) is 0 Å². The van der Waals surface area contributed by atoms with Crippen molar-refractivity contribution >= 4 is 6.09 Å². The molecule has 0 saturated carbocycles. The molecule has 3 N–H and O–H groups in total. The molecule has 0 aromatic heterocycles. The molecule has 0 spiro atoms. The van der Waals surface area contributed by atoms with E-state index in [0.29, 0.717) is 19.5 Å². The van der Waals surface area contributed by atoms with Gasteiger partial charge in [0.15, 0.2) is 0 Å². The molecule has 1 atom stereocenters. The average molecular weight is 260 g/mol. The molecule has 0 aliphatic rings. The summed E-state index contributed by atoms with van der Waals surface area (Å²) in [5, 5.41) is 2.71. The van der Waals surface area contributed by atoms with Gasteiger partial charge in [0, 0.05) is 13.1 Å². The number of ether oxygens (including phenoxy) is 2. The van der Waals surface area contributed by atoms with Crippen molar-refractivity contribution in [2.24, 2.45) is 5.73 Å². The Hall–Kier alpha value is -0.810. The standard InChI is InChI=1S/C13H28N2O3/c1-10(9-14)17-13(5,6)7-8-15-11(16)18-12(2,3)4/h10H,7-9,14H2,1-6H3,(H,15,16). The minimum atomic E-state index is -0.468. The molecule has 0 radical (unpaired) electrons. The van der Waals surface area contributed by atoms with Gasteiger partial charge in [-0.1, -0.05) is 0 Å². The van der Waals surface area contributed by atoms with Crippen LogP contribution in [0, 0.1) is 0 Å². The van der Waals surface area contributed by atoms with Crippen LogP contribution in [0.1, 0.15) is 48.0 Å². The quantitative estimate of drug-likeness (QED) is 0.766. The van der Waals surface area contributed by atoms with E-state index in [4.69, 9.17) is 15.2 Å². The molecule has 108 valence electrons. The highest BCUT2D eigenvalue weighted by Gasteiger charge is 2.22. The fraction of sp³-hybridized carbons (Fsp3) is 0.923. The van der Waals surface area contributed by atoms with Gasteiger partial charge in [-0.3, -0.25) is 0 Å². The molecule has 0 aromatic rings. The first-order valence-corrected chi connectivity index (χ1v) is 6.40. The second-order valence-electron chi connectivity index (χ2n) is 6.10. The molecule has 5 heteroatoms. The summed E-state index contributed by atoms with van der Waals surface area (Å²) < 4.78 is 10.9. The van der Waals surface area contributed by atoms with Crippen LogP contribution >= 0.6 is 0 Å². The first-order valence-electron chi connectivity index (χ1n) is 6.40. The van der Waals surface area contributed by atoms with E-state index in [-0.39, 0.29) is 11.7 Å². The van der Waals surface area contributed by atoms with Gasteiger partial charge in [-0.2, -0.15) is 0 Å². The Balaban J connectivity index is 3.92. The van der Waals surface area contributed by atoms with Gasteiger partial charge in [0.1, 0.15) is 5.60 Å². The van der Waals surface area contributed by atoms with Gasteiger partial charge in [0.05, 0.1) is 11.7 Å². The predicted octanol–water partition coefficient (Wildman–Crippen LogP) is 2.04. The molecule has 0 aliphatic heterocycles. The minimum absolute atomic E-state index is 0.0153. The molecule has 1 amide bonds. The molecular formula is C13H28N2O3. The predicted molar refractivity (Wildman–Crippen MR) is 72.5 cm³/mol. The number of nitrogens with two attached hydrogens (primary N) is 1. The highest BCUT2D eigenvalue weighted by Crippen LogP contribution is 2.16. The highest BCUT2D eigenvalue weighted by atomic mass is 16.6. The van der Waals surface area contributed by atoms with Gasteiger partial charge < -0.3 is 20.5 Å². The molecular weight excluding hydrogens is 232 g/mol. The number of rotatable bonds is 6. The van der Waals surface area contributed by atoms with Crippen LogP contribution in [0.4, 0.5) is 4.79 Å². The zero-order chi connectivity index (χ0) is 14.4. The summed E-state index contributed by atoms with van der Waals surface area (Å²) in [7, 11) is 0. The van der Waals surface area contributed by atoms with Gasteiger partial charge in [-0.15, -0.1) is 0 Å². The van der Waals surface area contributed by atoms with Gasteiger partial charge in [-0.25, -0.2) is 4.79 Å². The maximum Gasteiger partial charge on any atom is 0.407 e. The van der Waals surface area contributed by atoms with Crippen LogP contribution in [0.2, 0.25) is 0 Å². The van der Waals surface area contributed by atoms with Crippen molar-refractivity contribution in [2.75, 3.05) is 13.1 Å². The topological polar surface area (TPSA) is 73.6 Å². The van der Waals surface area contributed by atoms with Crippen LogP contribution in [0.5, 0.6) is 0 Å². The lowest BCUT2D eigenvalue weighted by Crippen LogP contribution is -2.38. The molecule has 0 aliphatic carbocycles. The Morgan fingerprint density at radius 2 is 1.83 bits per heavy atom. The Morgan fingerprint density at radius 1 is 1.28 bits per heavy atom. The van der Waals surface area contributed by atoms with Crippen LogP contribution in [-0.2, 0) is 9.47 Å². The van der Waals surface area contributed by atoms with Crippen LogP contribution in [0.3, 0.4) is 0 Å². The van der Waals surface area contributed by atoms with Gasteiger partial charge in [0.2, 0.25) is 0 Å². The summed E-state index contributed by atoms with van der Waals surface area (Å²) in [4.78, 5) is 11.4. The zero-order valence-corrected chi connectivity index (χ0v) is 12.5. The Labute approximate surface area is 110 Å². The Bertz CT molecular complexity index is 259. The van der Waals surface area contributed by atoms with Crippen molar-refractivity contribution in [3.05, 3.63) is 0 Å². The summed E-state index contributed by atoms with van der Waals surface area (Å²) in [6.07, 6.45) is 0.322. The maximum atomic E-state index is 11.4. The summed E-state index contributed by atoms with van der Waals surface area (Å²) in [6, 6.07) is 0. The van der Waals surface area contributed by atoms with Crippen molar-refractivity contribution in [2.45, 2.75) is 65.3 Å². The molecule has 1 unspecified atom stereocenters. The lowest BCUT2D eigenvalue weighted by Gasteiger charge is -2.29. The third kappa shape index (κ3) is 9.24. The summed E-state index contributed by atoms with van der Waals surface area (Å²) in [5.74, 6) is 0. The van der Waals surface area contributed by atoms with E-state index in [2.05, 4.69) is 5.32 Å². The normalized spacial score (nSPS) is 14.2. The fourth-order valence-electron chi connectivity index (χ4n) is 1.43. The third-order valence-corrected chi connectivity index (χ3v) is 2.25. The molecule has 0 saturated heterocycles. The fourth-order valence-corrected chi connectivity index (χ4v) is 1.43. The highest BCUT2D eigenvalue weighted by molar-refractivity contribution is 5.67. The van der Waals surface area contributed by atoms with E-state index in [0.717, 1.165) is 0 Å². The third-order valence-electron chi connectivity index (χ3n) is 2.25. The lowest BCUT2D eigenvalue weighted by molar-refractivity contribution is -0.0634. The maximum absolute atomic E-state index is 11.4. The Kier molecular flexibility index (Phi) is 6.63. The lowest BCUT2D eigenvalue weighted by atomic mass is 10.0. The number of hydrogen-bond acceptors (Lipinski definition) is 4. The van der Waals surface area contributed by atoms with E-state index < -0.39 is 11.7 Å². The smallest absolute Gasteiger partial charge is 0.407 e. The Morgan fingerprint density at radius 3 is 2.28 bits per heavy atom. The molecule has 0 aromatic carbocycles. The molecule has 0 fully saturated rings. The van der Waals surface area contributed by atoms with E-state index >= 15 is 0 Å². The largest absolute Gasteiger partial charge is 0.444 e. The number of amides is 1. The minimum Gasteiger partial charge on any atom is -0.444 e. The summed E-state index contributed by atoms with van der Waals surface area (Å²) in [6.45, 7) is 12.4. The van der Waals surface area contributed by atoms with Crippen molar-refractivity contribution in [1.29, 1.82) is 0 Å². The van der Waals surface area contributed by atoms with E-state index in [1.807, 2.05) is 41.5 Å². The second kappa shape index (κ2) is 6.95. The number of nitrogens with one attached hydrogen (secondary N) is 1. The van der Waals surface area contributed by atoms with Crippen LogP contribution in [0.25, 0.3) is 0 Å². The molecule has 5 nitrogen and oxygen atoms in total. The van der Waals surface area contributed by atoms with Crippen molar-refractivity contribution < 1.29 is 14.3 Å². The molecule has 18 heavy (non-hydrogen) atoms. The van der Waals surface area contributed by atoms with Gasteiger partial charge in [0.25, 0.3) is 0 Å². The monoisotopic (exact) mass is 260 g/mol. The van der Waals surface area contributed by atoms with Gasteiger partial charge >= 0.3 is 6.09 Å². The van der Waals surface area contributed by atoms with Crippen LogP contribution < -0.4 is 11.1 Å². The number of carbonyl (C=O) groups excluding carboxylic acids is 1. The first kappa shape index (κ1) is 17.2.